The number of amides is 2. The number of aliphatic imine (C=N–C) groups is 1. The SMILES string of the molecule is CC(=O)/C(C(=O)Nc1ccccc1)=C(/C)O.CC(=O)[CH+]C(C)=O.COB(OC)OC.O=C(/C=C/c1ccc(O)cc1)/C(C(=O)Nc1ccccc1)=C(O)/C=C/c1ccc(O)cc1.O=C=Nc1ccccc1.O=Cc1ccc(O)cc1.[Cl-].[Cl-].[Mg+2]. The molecule has 0 spiro atoms. The molecule has 0 aliphatic heterocycles. The summed E-state index contributed by atoms with van der Waals surface area (Å²) in [5, 5.41) is 52.4. The van der Waals surface area contributed by atoms with E-state index in [0.29, 0.717) is 33.8 Å². The number of para-hydroxylation sites is 3. The summed E-state index contributed by atoms with van der Waals surface area (Å²) in [5.74, 6) is -3.31. The molecule has 0 radical (unpaired) electrons. The van der Waals surface area contributed by atoms with Crippen LogP contribution in [-0.4, -0.2) is 125 Å². The Morgan fingerprint density at radius 1 is 0.530 bits per heavy atom. The first kappa shape index (κ1) is 78.3. The van der Waals surface area contributed by atoms with Gasteiger partial charge < -0.3 is 74.9 Å². The summed E-state index contributed by atoms with van der Waals surface area (Å²) in [4.78, 5) is 91.5. The number of aliphatic hydroxyl groups excluding tert-OH is 2. The maximum atomic E-state index is 12.8. The van der Waals surface area contributed by atoms with Gasteiger partial charge in [0.25, 0.3) is 11.8 Å². The normalized spacial score (nSPS) is 10.1. The second-order valence-electron chi connectivity index (χ2n) is 15.7. The zero-order valence-corrected chi connectivity index (χ0v) is 49.2. The number of anilines is 2. The van der Waals surface area contributed by atoms with E-state index in [1.165, 1.54) is 116 Å². The number of nitrogens with zero attached hydrogens (tertiary/aromatic N) is 1. The molecule has 0 fully saturated rings. The molecular weight excluding hydrogens is 1120 g/mol. The van der Waals surface area contributed by atoms with Gasteiger partial charge in [-0.1, -0.05) is 91.0 Å². The van der Waals surface area contributed by atoms with Crippen molar-refractivity contribution in [1.82, 2.24) is 0 Å². The van der Waals surface area contributed by atoms with Crippen LogP contribution in [0.1, 0.15) is 49.2 Å². The second kappa shape index (κ2) is 45.8. The van der Waals surface area contributed by atoms with E-state index < -0.39 is 42.0 Å². The van der Waals surface area contributed by atoms with Crippen LogP contribution in [-0.2, 0) is 47.5 Å². The third kappa shape index (κ3) is 35.5. The average Bonchev–Trinajstić information content (AvgIpc) is 3.42. The molecule has 0 bridgehead atoms. The first-order valence-electron chi connectivity index (χ1n) is 23.5. The van der Waals surface area contributed by atoms with E-state index in [1.807, 2.05) is 24.3 Å². The molecule has 430 valence electrons. The molecule has 83 heavy (non-hydrogen) atoms. The molecule has 7 N–H and O–H groups in total. The van der Waals surface area contributed by atoms with Gasteiger partial charge in [-0.15, -0.1) is 0 Å². The molecular formula is C60H61BCl2MgN3O16+. The number of halogens is 2. The topological polar surface area (TPSA) is 302 Å². The van der Waals surface area contributed by atoms with Crippen molar-refractivity contribution >= 4 is 107 Å². The third-order valence-corrected chi connectivity index (χ3v) is 9.32. The Bertz CT molecular complexity index is 3060. The molecule has 0 heterocycles. The number of benzene rings is 6. The molecule has 0 unspecified atom stereocenters. The van der Waals surface area contributed by atoms with Gasteiger partial charge in [-0.05, 0) is 122 Å². The van der Waals surface area contributed by atoms with Crippen LogP contribution < -0.4 is 35.4 Å². The monoisotopic (exact) mass is 1180 g/mol. The largest absolute Gasteiger partial charge is 2.00 e. The molecule has 0 aromatic heterocycles. The summed E-state index contributed by atoms with van der Waals surface area (Å²) in [6.07, 6.45) is 8.67. The van der Waals surface area contributed by atoms with Gasteiger partial charge in [-0.3, -0.25) is 24.0 Å². The number of carbonyl (C=O) groups is 7. The smallest absolute Gasteiger partial charge is 1.00 e. The number of hydrogen-bond acceptors (Lipinski definition) is 17. The fraction of sp³-hybridized carbons (Fsp3) is 0.117. The van der Waals surface area contributed by atoms with Crippen molar-refractivity contribution < 1.29 is 103 Å². The summed E-state index contributed by atoms with van der Waals surface area (Å²) in [7, 11) is 4.02. The van der Waals surface area contributed by atoms with Gasteiger partial charge in [0, 0.05) is 52.1 Å². The molecule has 6 aromatic rings. The number of Topliss-reactive ketones (excluding diaryl/α,β-unsaturated/α-hetero) is 3. The first-order valence-corrected chi connectivity index (χ1v) is 23.5. The number of rotatable bonds is 17. The van der Waals surface area contributed by atoms with Crippen LogP contribution in [0.3, 0.4) is 0 Å². The van der Waals surface area contributed by atoms with Crippen molar-refractivity contribution in [2.45, 2.75) is 27.7 Å². The maximum Gasteiger partial charge on any atom is 2.00 e. The van der Waals surface area contributed by atoms with E-state index in [9.17, 15) is 58.8 Å². The quantitative estimate of drug-likeness (QED) is 0.00655. The Morgan fingerprint density at radius 3 is 1.18 bits per heavy atom. The summed E-state index contributed by atoms with van der Waals surface area (Å²) >= 11 is 0. The fourth-order valence-electron chi connectivity index (χ4n) is 5.73. The van der Waals surface area contributed by atoms with Crippen molar-refractivity contribution in [3.63, 3.8) is 0 Å². The molecule has 0 atom stereocenters. The number of hydrogen-bond donors (Lipinski definition) is 7. The third-order valence-electron chi connectivity index (χ3n) is 9.32. The van der Waals surface area contributed by atoms with Gasteiger partial charge in [0.2, 0.25) is 12.5 Å². The minimum atomic E-state index is -0.760. The Morgan fingerprint density at radius 2 is 0.880 bits per heavy atom. The van der Waals surface area contributed by atoms with Crippen LogP contribution in [0.5, 0.6) is 17.2 Å². The Labute approximate surface area is 510 Å². The number of phenolic OH excluding ortho intramolecular Hbond substituents is 3. The Kier molecular flexibility index (Phi) is 43.2. The zero-order valence-electron chi connectivity index (χ0n) is 46.3. The molecule has 6 rings (SSSR count). The van der Waals surface area contributed by atoms with E-state index in [-0.39, 0.29) is 88.0 Å². The number of aldehydes is 1. The average molecular weight is 1190 g/mol. The van der Waals surface area contributed by atoms with Gasteiger partial charge in [0.15, 0.2) is 11.6 Å². The number of aromatic hydroxyl groups is 3. The van der Waals surface area contributed by atoms with Gasteiger partial charge in [-0.25, -0.2) is 14.4 Å². The first-order chi connectivity index (χ1) is 38.2. The molecule has 2 amide bonds. The van der Waals surface area contributed by atoms with E-state index in [2.05, 4.69) is 29.6 Å². The van der Waals surface area contributed by atoms with Gasteiger partial charge in [0.1, 0.15) is 46.2 Å². The number of nitrogens with one attached hydrogen (secondary N) is 2. The number of aliphatic hydroxyl groups is 2. The fourth-order valence-corrected chi connectivity index (χ4v) is 5.73. The van der Waals surface area contributed by atoms with Gasteiger partial charge >= 0.3 is 41.9 Å². The van der Waals surface area contributed by atoms with Crippen molar-refractivity contribution in [1.29, 1.82) is 0 Å². The van der Waals surface area contributed by atoms with Crippen molar-refractivity contribution in [3.05, 3.63) is 222 Å². The standard InChI is InChI=1S/C26H21NO5.C12H13NO3.C7H5NO.C7H6O2.C5H7O2.C3H9BO3.2ClH.Mg/c28-21-12-6-18(7-13-21)10-16-23(30)25(26(32)27-20-4-2-1-3-5-20)24(31)17-11-19-8-14-22(29)15-9-19;1-8(14)11(9(2)15)12(16)13-10-6-4-3-5-7-10;9-6-8-7-4-2-1-3-5-7;8-5-6-1-3-7(9)4-2-6;1-4(6)3-5(2)7;1-5-4(6-2)7-3;;;/h1-17,28-30H,(H,27,32);3-7,14H,1-2H3,(H,13,16);1-5H;1-5,9H;3H,1-2H3;1-3H3;2*1H;/q;;;;+1;;;;+2/p-2/b16-10+,17-11+,25-23+;11-8+;;;;;;;. The van der Waals surface area contributed by atoms with Crippen molar-refractivity contribution in [3.8, 4) is 17.2 Å². The second-order valence-corrected chi connectivity index (χ2v) is 15.7. The predicted molar refractivity (Wildman–Crippen MR) is 311 cm³/mol. The maximum absolute atomic E-state index is 12.8. The van der Waals surface area contributed by atoms with Crippen LogP contribution >= 0.6 is 0 Å². The molecule has 6 aromatic carbocycles. The van der Waals surface area contributed by atoms with Crippen LogP contribution in [0.2, 0.25) is 0 Å². The van der Waals surface area contributed by atoms with Crippen LogP contribution in [0.15, 0.2) is 204 Å². The molecule has 23 heteroatoms. The molecule has 19 nitrogen and oxygen atoms in total. The van der Waals surface area contributed by atoms with E-state index in [4.69, 9.17) is 5.11 Å². The predicted octanol–water partition coefficient (Wildman–Crippen LogP) is 3.66. The van der Waals surface area contributed by atoms with E-state index in [0.717, 1.165) is 12.7 Å². The Balaban J connectivity index is -0.00000105. The molecule has 0 saturated heterocycles. The van der Waals surface area contributed by atoms with E-state index in [1.54, 1.807) is 103 Å². The van der Waals surface area contributed by atoms with Gasteiger partial charge in [0.05, 0.1) is 5.69 Å². The summed E-state index contributed by atoms with van der Waals surface area (Å²) in [6.45, 7) is 5.24. The number of carbonyl (C=O) groups excluding carboxylic acids is 8. The van der Waals surface area contributed by atoms with Gasteiger partial charge in [-0.2, -0.15) is 4.99 Å². The number of phenols is 3. The van der Waals surface area contributed by atoms with E-state index >= 15 is 0 Å². The minimum absolute atomic E-state index is 0. The number of ketones is 4. The van der Waals surface area contributed by atoms with Crippen LogP contribution in [0, 0.1) is 6.42 Å². The van der Waals surface area contributed by atoms with Crippen LogP contribution in [0.25, 0.3) is 12.2 Å². The molecule has 0 aliphatic rings. The number of allylic oxidation sites excluding steroid dienone is 3. The van der Waals surface area contributed by atoms with Crippen LogP contribution in [0.4, 0.5) is 17.1 Å². The van der Waals surface area contributed by atoms with Crippen molar-refractivity contribution in [2.24, 2.45) is 4.99 Å². The number of isocyanates is 1. The zero-order chi connectivity index (χ0) is 59.8. The molecule has 0 aliphatic carbocycles. The Hall–Kier alpha value is -8.89. The molecule has 0 saturated carbocycles. The summed E-state index contributed by atoms with van der Waals surface area (Å²) < 4.78 is 13.8. The minimum Gasteiger partial charge on any atom is -1.00 e. The summed E-state index contributed by atoms with van der Waals surface area (Å²) in [6, 6.07) is 44.7. The summed E-state index contributed by atoms with van der Waals surface area (Å²) in [5.41, 5.74) is 2.92. The van der Waals surface area contributed by atoms with Crippen molar-refractivity contribution in [2.75, 3.05) is 32.0 Å².